The SMILES string of the molecule is CC(C)NC(=O)C[C@@H]1CN(Cc2ccncc2F)[C@@H]2CO[C@@H](CC(=O)N3CCCC3)[C@H]12. The third kappa shape index (κ3) is 5.06. The molecule has 1 aromatic rings. The van der Waals surface area contributed by atoms with Crippen molar-refractivity contribution in [2.24, 2.45) is 11.8 Å². The molecule has 0 aromatic carbocycles. The molecule has 3 fully saturated rings. The maximum absolute atomic E-state index is 14.2. The molecule has 0 unspecified atom stereocenters. The van der Waals surface area contributed by atoms with E-state index in [1.807, 2.05) is 18.7 Å². The molecular formula is C23H33FN4O3. The molecule has 3 aliphatic rings. The summed E-state index contributed by atoms with van der Waals surface area (Å²) in [7, 11) is 0. The first-order valence-electron chi connectivity index (χ1n) is 11.4. The highest BCUT2D eigenvalue weighted by Crippen LogP contribution is 2.42. The smallest absolute Gasteiger partial charge is 0.225 e. The number of likely N-dealkylation sites (tertiary alicyclic amines) is 2. The highest BCUT2D eigenvalue weighted by molar-refractivity contribution is 5.77. The van der Waals surface area contributed by atoms with Crippen molar-refractivity contribution < 1.29 is 18.7 Å². The molecule has 3 aliphatic heterocycles. The van der Waals surface area contributed by atoms with E-state index in [1.165, 1.54) is 6.20 Å². The van der Waals surface area contributed by atoms with Crippen molar-refractivity contribution >= 4 is 11.8 Å². The number of nitrogens with zero attached hydrogens (tertiary/aromatic N) is 3. The first-order chi connectivity index (χ1) is 14.9. The molecular weight excluding hydrogens is 399 g/mol. The van der Waals surface area contributed by atoms with E-state index >= 15 is 0 Å². The number of carbonyl (C=O) groups is 2. The normalized spacial score (nSPS) is 28.3. The van der Waals surface area contributed by atoms with Gasteiger partial charge in [-0.2, -0.15) is 0 Å². The number of halogens is 1. The van der Waals surface area contributed by atoms with Crippen molar-refractivity contribution in [1.82, 2.24) is 20.1 Å². The standard InChI is InChI=1S/C23H33FN4O3/c1-15(2)26-21(29)9-17-13-28(12-16-5-6-25-11-18(16)24)19-14-31-20(23(17)19)10-22(30)27-7-3-4-8-27/h5-6,11,15,17,19-20,23H,3-4,7-10,12-14H2,1-2H3,(H,26,29)/t17-,19-,20+,23-/m1/s1. The van der Waals surface area contributed by atoms with Crippen LogP contribution in [-0.2, 0) is 20.9 Å². The Morgan fingerprint density at radius 1 is 1.29 bits per heavy atom. The lowest BCUT2D eigenvalue weighted by molar-refractivity contribution is -0.133. The highest BCUT2D eigenvalue weighted by atomic mass is 19.1. The Bertz CT molecular complexity index is 799. The zero-order chi connectivity index (χ0) is 22.0. The third-order valence-corrected chi connectivity index (χ3v) is 6.80. The number of fused-ring (bicyclic) bond motifs is 1. The predicted octanol–water partition coefficient (Wildman–Crippen LogP) is 1.96. The second-order valence-corrected chi connectivity index (χ2v) is 9.39. The number of hydrogen-bond acceptors (Lipinski definition) is 5. The molecule has 170 valence electrons. The van der Waals surface area contributed by atoms with Crippen LogP contribution in [0, 0.1) is 17.7 Å². The van der Waals surface area contributed by atoms with E-state index in [0.717, 1.165) is 25.9 Å². The van der Waals surface area contributed by atoms with Crippen LogP contribution in [0.15, 0.2) is 18.5 Å². The largest absolute Gasteiger partial charge is 0.376 e. The van der Waals surface area contributed by atoms with Gasteiger partial charge in [0.25, 0.3) is 0 Å². The van der Waals surface area contributed by atoms with Crippen molar-refractivity contribution in [1.29, 1.82) is 0 Å². The minimum absolute atomic E-state index is 0.0206. The summed E-state index contributed by atoms with van der Waals surface area (Å²) in [6, 6.07) is 1.87. The molecule has 0 saturated carbocycles. The Balaban J connectivity index is 1.49. The van der Waals surface area contributed by atoms with Gasteiger partial charge in [-0.15, -0.1) is 0 Å². The summed E-state index contributed by atoms with van der Waals surface area (Å²) in [5, 5.41) is 2.98. The fourth-order valence-electron chi connectivity index (χ4n) is 5.43. The third-order valence-electron chi connectivity index (χ3n) is 6.80. The Labute approximate surface area is 183 Å². The molecule has 4 atom stereocenters. The summed E-state index contributed by atoms with van der Waals surface area (Å²) in [5.41, 5.74) is 0.595. The number of carbonyl (C=O) groups excluding carboxylic acids is 2. The average molecular weight is 433 g/mol. The average Bonchev–Trinajstić information content (AvgIpc) is 3.43. The monoisotopic (exact) mass is 432 g/mol. The summed E-state index contributed by atoms with van der Waals surface area (Å²) in [6.07, 6.45) is 5.52. The van der Waals surface area contributed by atoms with Crippen molar-refractivity contribution in [3.8, 4) is 0 Å². The summed E-state index contributed by atoms with van der Waals surface area (Å²) < 4.78 is 20.3. The van der Waals surface area contributed by atoms with Crippen LogP contribution in [0.4, 0.5) is 4.39 Å². The first kappa shape index (κ1) is 22.1. The molecule has 31 heavy (non-hydrogen) atoms. The summed E-state index contributed by atoms with van der Waals surface area (Å²) in [5.74, 6) is 0.0148. The van der Waals surface area contributed by atoms with Gasteiger partial charge in [-0.25, -0.2) is 4.39 Å². The maximum Gasteiger partial charge on any atom is 0.225 e. The van der Waals surface area contributed by atoms with Gasteiger partial charge < -0.3 is 15.0 Å². The number of hydrogen-bond donors (Lipinski definition) is 1. The summed E-state index contributed by atoms with van der Waals surface area (Å²) >= 11 is 0. The van der Waals surface area contributed by atoms with Gasteiger partial charge >= 0.3 is 0 Å². The molecule has 1 N–H and O–H groups in total. The minimum Gasteiger partial charge on any atom is -0.376 e. The fraction of sp³-hybridized carbons (Fsp3) is 0.696. The Hall–Kier alpha value is -2.06. The van der Waals surface area contributed by atoms with Crippen LogP contribution in [0.1, 0.15) is 45.1 Å². The number of rotatable bonds is 7. The van der Waals surface area contributed by atoms with E-state index in [9.17, 15) is 14.0 Å². The van der Waals surface area contributed by atoms with Crippen LogP contribution < -0.4 is 5.32 Å². The highest BCUT2D eigenvalue weighted by Gasteiger charge is 2.51. The lowest BCUT2D eigenvalue weighted by atomic mass is 9.84. The van der Waals surface area contributed by atoms with Crippen LogP contribution >= 0.6 is 0 Å². The van der Waals surface area contributed by atoms with Crippen LogP contribution in [0.5, 0.6) is 0 Å². The van der Waals surface area contributed by atoms with E-state index < -0.39 is 0 Å². The van der Waals surface area contributed by atoms with E-state index in [1.54, 1.807) is 12.3 Å². The molecule has 7 nitrogen and oxygen atoms in total. The molecule has 2 amide bonds. The lowest BCUT2D eigenvalue weighted by Gasteiger charge is -2.25. The van der Waals surface area contributed by atoms with Gasteiger partial charge in [-0.3, -0.25) is 19.5 Å². The van der Waals surface area contributed by atoms with E-state index in [0.29, 0.717) is 38.1 Å². The number of pyridine rings is 1. The Kier molecular flexibility index (Phi) is 6.86. The van der Waals surface area contributed by atoms with Crippen LogP contribution in [-0.4, -0.2) is 71.0 Å². The maximum atomic E-state index is 14.2. The van der Waals surface area contributed by atoms with Crippen molar-refractivity contribution in [2.45, 2.75) is 64.3 Å². The van der Waals surface area contributed by atoms with Crippen LogP contribution in [0.2, 0.25) is 0 Å². The molecule has 8 heteroatoms. The number of nitrogens with one attached hydrogen (secondary N) is 1. The zero-order valence-electron chi connectivity index (χ0n) is 18.4. The van der Waals surface area contributed by atoms with E-state index in [-0.39, 0.29) is 47.7 Å². The predicted molar refractivity (Wildman–Crippen MR) is 113 cm³/mol. The van der Waals surface area contributed by atoms with Gasteiger partial charge in [0.05, 0.1) is 25.3 Å². The lowest BCUT2D eigenvalue weighted by Crippen LogP contribution is -2.37. The topological polar surface area (TPSA) is 74.8 Å². The van der Waals surface area contributed by atoms with Gasteiger partial charge in [0.1, 0.15) is 5.82 Å². The van der Waals surface area contributed by atoms with Crippen molar-refractivity contribution in [3.63, 3.8) is 0 Å². The molecule has 4 rings (SSSR count). The molecule has 0 aliphatic carbocycles. The molecule has 0 radical (unpaired) electrons. The Morgan fingerprint density at radius 2 is 2.06 bits per heavy atom. The molecule has 0 bridgehead atoms. The van der Waals surface area contributed by atoms with Crippen molar-refractivity contribution in [3.05, 3.63) is 29.8 Å². The minimum atomic E-state index is -0.320. The quantitative estimate of drug-likeness (QED) is 0.713. The Morgan fingerprint density at radius 3 is 2.77 bits per heavy atom. The molecule has 4 heterocycles. The number of amides is 2. The van der Waals surface area contributed by atoms with Gasteiger partial charge in [0.15, 0.2) is 0 Å². The second-order valence-electron chi connectivity index (χ2n) is 9.39. The van der Waals surface area contributed by atoms with Crippen molar-refractivity contribution in [2.75, 3.05) is 26.2 Å². The second kappa shape index (κ2) is 9.61. The van der Waals surface area contributed by atoms with Gasteiger partial charge in [0, 0.05) is 62.4 Å². The van der Waals surface area contributed by atoms with Gasteiger partial charge in [0.2, 0.25) is 11.8 Å². The molecule has 0 spiro atoms. The molecule has 3 saturated heterocycles. The first-order valence-corrected chi connectivity index (χ1v) is 11.4. The fourth-order valence-corrected chi connectivity index (χ4v) is 5.43. The molecule has 1 aromatic heterocycles. The summed E-state index contributed by atoms with van der Waals surface area (Å²) in [6.45, 7) is 7.21. The zero-order valence-corrected chi connectivity index (χ0v) is 18.4. The van der Waals surface area contributed by atoms with Crippen LogP contribution in [0.25, 0.3) is 0 Å². The van der Waals surface area contributed by atoms with E-state index in [2.05, 4.69) is 15.2 Å². The van der Waals surface area contributed by atoms with Crippen LogP contribution in [0.3, 0.4) is 0 Å². The number of aromatic nitrogens is 1. The number of ether oxygens (including phenoxy) is 1. The van der Waals surface area contributed by atoms with E-state index in [4.69, 9.17) is 4.74 Å². The van der Waals surface area contributed by atoms with Gasteiger partial charge in [-0.1, -0.05) is 0 Å². The summed E-state index contributed by atoms with van der Waals surface area (Å²) in [4.78, 5) is 33.3. The van der Waals surface area contributed by atoms with Gasteiger partial charge in [-0.05, 0) is 38.7 Å².